The lowest BCUT2D eigenvalue weighted by molar-refractivity contribution is 0.277. The monoisotopic (exact) mass is 348 g/mol. The topological polar surface area (TPSA) is 18.5 Å². The number of alkyl halides is 1. The molecule has 112 valence electrons. The number of hydrogen-bond donors (Lipinski definition) is 0. The van der Waals surface area contributed by atoms with Crippen LogP contribution in [0.4, 0.5) is 4.39 Å². The first kappa shape index (κ1) is 16.2. The SMILES string of the molecule is COc1cc(Cl)cc(CCl)c1OCc1ccc(Cl)cc1F. The van der Waals surface area contributed by atoms with Crippen LogP contribution >= 0.6 is 34.8 Å². The van der Waals surface area contributed by atoms with E-state index in [1.165, 1.54) is 13.2 Å². The average molecular weight is 350 g/mol. The summed E-state index contributed by atoms with van der Waals surface area (Å²) >= 11 is 17.6. The van der Waals surface area contributed by atoms with Gasteiger partial charge in [0.15, 0.2) is 11.5 Å². The minimum absolute atomic E-state index is 0.0326. The van der Waals surface area contributed by atoms with E-state index in [0.29, 0.717) is 32.7 Å². The van der Waals surface area contributed by atoms with Gasteiger partial charge in [0.05, 0.1) is 13.0 Å². The molecular weight excluding hydrogens is 338 g/mol. The van der Waals surface area contributed by atoms with Gasteiger partial charge in [0.25, 0.3) is 0 Å². The Morgan fingerprint density at radius 3 is 2.43 bits per heavy atom. The van der Waals surface area contributed by atoms with Crippen LogP contribution in [-0.2, 0) is 12.5 Å². The molecule has 0 aliphatic carbocycles. The molecule has 0 N–H and O–H groups in total. The zero-order valence-corrected chi connectivity index (χ0v) is 13.4. The second kappa shape index (κ2) is 7.21. The van der Waals surface area contributed by atoms with Crippen molar-refractivity contribution in [3.05, 3.63) is 57.3 Å². The predicted molar refractivity (Wildman–Crippen MR) is 83.3 cm³/mol. The Morgan fingerprint density at radius 2 is 1.81 bits per heavy atom. The lowest BCUT2D eigenvalue weighted by Gasteiger charge is -2.15. The molecule has 2 rings (SSSR count). The number of ether oxygens (including phenoxy) is 2. The molecule has 0 saturated heterocycles. The fourth-order valence-corrected chi connectivity index (χ4v) is 2.41. The number of hydrogen-bond acceptors (Lipinski definition) is 2. The third-order valence-corrected chi connectivity index (χ3v) is 3.59. The summed E-state index contributed by atoms with van der Waals surface area (Å²) in [6, 6.07) is 7.71. The second-order valence-electron chi connectivity index (χ2n) is 4.25. The van der Waals surface area contributed by atoms with Gasteiger partial charge >= 0.3 is 0 Å². The molecule has 0 radical (unpaired) electrons. The summed E-state index contributed by atoms with van der Waals surface area (Å²) in [7, 11) is 1.50. The Kier molecular flexibility index (Phi) is 5.57. The minimum atomic E-state index is -0.428. The molecule has 0 aliphatic rings. The Bertz CT molecular complexity index is 622. The summed E-state index contributed by atoms with van der Waals surface area (Å²) in [6.45, 7) is 0.0326. The Hall–Kier alpha value is -1.16. The largest absolute Gasteiger partial charge is 0.493 e. The van der Waals surface area contributed by atoms with Crippen molar-refractivity contribution in [3.63, 3.8) is 0 Å². The van der Waals surface area contributed by atoms with Crippen LogP contribution in [-0.4, -0.2) is 7.11 Å². The molecule has 0 aromatic heterocycles. The number of rotatable bonds is 5. The van der Waals surface area contributed by atoms with Crippen LogP contribution in [0.3, 0.4) is 0 Å². The molecule has 21 heavy (non-hydrogen) atoms. The smallest absolute Gasteiger partial charge is 0.166 e. The molecule has 0 saturated carbocycles. The van der Waals surface area contributed by atoms with E-state index in [9.17, 15) is 4.39 Å². The van der Waals surface area contributed by atoms with Crippen molar-refractivity contribution in [1.82, 2.24) is 0 Å². The van der Waals surface area contributed by atoms with Crippen LogP contribution in [0.5, 0.6) is 11.5 Å². The zero-order valence-electron chi connectivity index (χ0n) is 11.1. The molecule has 0 spiro atoms. The van der Waals surface area contributed by atoms with Gasteiger partial charge in [-0.3, -0.25) is 0 Å². The summed E-state index contributed by atoms with van der Waals surface area (Å²) in [5.41, 5.74) is 1.06. The van der Waals surface area contributed by atoms with Gasteiger partial charge in [-0.1, -0.05) is 29.3 Å². The maximum absolute atomic E-state index is 13.7. The van der Waals surface area contributed by atoms with Crippen molar-refractivity contribution in [2.45, 2.75) is 12.5 Å². The predicted octanol–water partition coefficient (Wildman–Crippen LogP) is 5.46. The number of methoxy groups -OCH3 is 1. The highest BCUT2D eigenvalue weighted by molar-refractivity contribution is 6.31. The fraction of sp³-hybridized carbons (Fsp3) is 0.200. The molecule has 0 amide bonds. The molecule has 2 aromatic carbocycles. The van der Waals surface area contributed by atoms with Crippen LogP contribution < -0.4 is 9.47 Å². The van der Waals surface area contributed by atoms with Crippen molar-refractivity contribution in [3.8, 4) is 11.5 Å². The van der Waals surface area contributed by atoms with E-state index < -0.39 is 5.82 Å². The average Bonchev–Trinajstić information content (AvgIpc) is 2.46. The first-order valence-electron chi connectivity index (χ1n) is 6.04. The van der Waals surface area contributed by atoms with Gasteiger partial charge in [0.1, 0.15) is 12.4 Å². The van der Waals surface area contributed by atoms with Crippen LogP contribution in [0.2, 0.25) is 10.0 Å². The second-order valence-corrected chi connectivity index (χ2v) is 5.39. The lowest BCUT2D eigenvalue weighted by Crippen LogP contribution is -2.02. The minimum Gasteiger partial charge on any atom is -0.493 e. The third-order valence-electron chi connectivity index (χ3n) is 2.85. The normalized spacial score (nSPS) is 10.5. The Labute approximate surface area is 137 Å². The van der Waals surface area contributed by atoms with Crippen LogP contribution in [0.1, 0.15) is 11.1 Å². The van der Waals surface area contributed by atoms with E-state index in [1.54, 1.807) is 24.3 Å². The van der Waals surface area contributed by atoms with Gasteiger partial charge in [-0.2, -0.15) is 0 Å². The van der Waals surface area contributed by atoms with E-state index in [0.717, 1.165) is 0 Å². The molecule has 0 bridgehead atoms. The van der Waals surface area contributed by atoms with Gasteiger partial charge in [0, 0.05) is 27.2 Å². The van der Waals surface area contributed by atoms with Gasteiger partial charge in [-0.25, -0.2) is 4.39 Å². The maximum atomic E-state index is 13.7. The molecule has 2 aromatic rings. The van der Waals surface area contributed by atoms with E-state index in [4.69, 9.17) is 44.3 Å². The van der Waals surface area contributed by atoms with Crippen molar-refractivity contribution < 1.29 is 13.9 Å². The quantitative estimate of drug-likeness (QED) is 0.667. The van der Waals surface area contributed by atoms with E-state index in [-0.39, 0.29) is 12.5 Å². The summed E-state index contributed by atoms with van der Waals surface area (Å²) < 4.78 is 24.6. The Morgan fingerprint density at radius 1 is 1.05 bits per heavy atom. The van der Waals surface area contributed by atoms with E-state index in [2.05, 4.69) is 0 Å². The van der Waals surface area contributed by atoms with Crippen molar-refractivity contribution in [2.24, 2.45) is 0 Å². The summed E-state index contributed by atoms with van der Waals surface area (Å²) in [6.07, 6.45) is 0. The molecule has 0 unspecified atom stereocenters. The zero-order chi connectivity index (χ0) is 15.4. The van der Waals surface area contributed by atoms with Crippen LogP contribution in [0.25, 0.3) is 0 Å². The standard InChI is InChI=1S/C15H12Cl3FO2/c1-20-14-6-12(18)4-10(7-16)15(14)21-8-9-2-3-11(17)5-13(9)19/h2-6H,7-8H2,1H3. The van der Waals surface area contributed by atoms with Crippen molar-refractivity contribution >= 4 is 34.8 Å². The number of halogens is 4. The molecule has 6 heteroatoms. The fourth-order valence-electron chi connectivity index (χ4n) is 1.83. The van der Waals surface area contributed by atoms with Gasteiger partial charge in [-0.05, 0) is 18.2 Å². The molecular formula is C15H12Cl3FO2. The maximum Gasteiger partial charge on any atom is 0.166 e. The molecule has 0 heterocycles. The highest BCUT2D eigenvalue weighted by Gasteiger charge is 2.13. The van der Waals surface area contributed by atoms with Crippen LogP contribution in [0.15, 0.2) is 30.3 Å². The van der Waals surface area contributed by atoms with Gasteiger partial charge < -0.3 is 9.47 Å². The van der Waals surface area contributed by atoms with Crippen molar-refractivity contribution in [1.29, 1.82) is 0 Å². The van der Waals surface area contributed by atoms with E-state index in [1.807, 2.05) is 0 Å². The summed E-state index contributed by atoms with van der Waals surface area (Å²) in [5, 5.41) is 0.828. The van der Waals surface area contributed by atoms with Gasteiger partial charge in [0.2, 0.25) is 0 Å². The summed E-state index contributed by atoms with van der Waals surface area (Å²) in [4.78, 5) is 0. The summed E-state index contributed by atoms with van der Waals surface area (Å²) in [5.74, 6) is 0.677. The highest BCUT2D eigenvalue weighted by atomic mass is 35.5. The van der Waals surface area contributed by atoms with Crippen LogP contribution in [0, 0.1) is 5.82 Å². The lowest BCUT2D eigenvalue weighted by atomic mass is 10.2. The highest BCUT2D eigenvalue weighted by Crippen LogP contribution is 2.36. The third kappa shape index (κ3) is 3.94. The first-order chi connectivity index (χ1) is 10.0. The Balaban J connectivity index is 2.26. The van der Waals surface area contributed by atoms with E-state index >= 15 is 0 Å². The first-order valence-corrected chi connectivity index (χ1v) is 7.33. The molecule has 0 fully saturated rings. The molecule has 0 aliphatic heterocycles. The molecule has 2 nitrogen and oxygen atoms in total. The van der Waals surface area contributed by atoms with Gasteiger partial charge in [-0.15, -0.1) is 11.6 Å². The number of benzene rings is 2. The molecule has 0 atom stereocenters. The van der Waals surface area contributed by atoms with Crippen molar-refractivity contribution in [2.75, 3.05) is 7.11 Å².